The number of hydrogen-bond donors (Lipinski definition) is 1. The zero-order chi connectivity index (χ0) is 17.1. The molecule has 5 heteroatoms. The predicted octanol–water partition coefficient (Wildman–Crippen LogP) is 2.89. The number of nitrogens with one attached hydrogen (secondary N) is 1. The highest BCUT2D eigenvalue weighted by Crippen LogP contribution is 2.15. The number of nitrogens with zero attached hydrogens (tertiary/aromatic N) is 2. The van der Waals surface area contributed by atoms with Crippen LogP contribution >= 0.6 is 0 Å². The van der Waals surface area contributed by atoms with E-state index in [0.29, 0.717) is 17.7 Å². The number of hydrogen-bond acceptors (Lipinski definition) is 3. The van der Waals surface area contributed by atoms with Crippen LogP contribution in [0, 0.1) is 6.92 Å². The van der Waals surface area contributed by atoms with E-state index in [1.54, 1.807) is 29.4 Å². The van der Waals surface area contributed by atoms with E-state index in [9.17, 15) is 9.59 Å². The summed E-state index contributed by atoms with van der Waals surface area (Å²) < 4.78 is 0. The van der Waals surface area contributed by atoms with Crippen LogP contribution in [-0.4, -0.2) is 27.3 Å². The van der Waals surface area contributed by atoms with Crippen LogP contribution in [0.25, 0.3) is 10.9 Å². The lowest BCUT2D eigenvalue weighted by Gasteiger charge is -2.20. The smallest absolute Gasteiger partial charge is 0.254 e. The fourth-order valence-corrected chi connectivity index (χ4v) is 2.70. The van der Waals surface area contributed by atoms with Gasteiger partial charge in [0.25, 0.3) is 11.5 Å². The standard InChI is InChI=1S/C19H19N3O2/c1-3-22(19(24)14-6-8-20-9-7-14)12-16-11-15-10-13(2)4-5-17(15)21-18(16)23/h4-11H,3,12H2,1-2H3,(H,21,23). The maximum absolute atomic E-state index is 12.6. The van der Waals surface area contributed by atoms with Crippen molar-refractivity contribution in [2.24, 2.45) is 0 Å². The van der Waals surface area contributed by atoms with Gasteiger partial charge in [0, 0.05) is 35.6 Å². The summed E-state index contributed by atoms with van der Waals surface area (Å²) in [5, 5.41) is 0.969. The minimum atomic E-state index is -0.160. The molecule has 0 spiro atoms. The Morgan fingerprint density at radius 3 is 2.62 bits per heavy atom. The van der Waals surface area contributed by atoms with Crippen LogP contribution < -0.4 is 5.56 Å². The van der Waals surface area contributed by atoms with Crippen molar-refractivity contribution in [1.82, 2.24) is 14.9 Å². The van der Waals surface area contributed by atoms with Gasteiger partial charge in [0.05, 0.1) is 6.54 Å². The molecule has 0 aliphatic rings. The van der Waals surface area contributed by atoms with E-state index in [2.05, 4.69) is 9.97 Å². The van der Waals surface area contributed by atoms with E-state index in [0.717, 1.165) is 16.5 Å². The highest BCUT2D eigenvalue weighted by atomic mass is 16.2. The van der Waals surface area contributed by atoms with Gasteiger partial charge in [-0.1, -0.05) is 11.6 Å². The number of fused-ring (bicyclic) bond motifs is 1. The molecular weight excluding hydrogens is 302 g/mol. The Labute approximate surface area is 140 Å². The lowest BCUT2D eigenvalue weighted by molar-refractivity contribution is 0.0752. The average Bonchev–Trinajstić information content (AvgIpc) is 2.60. The lowest BCUT2D eigenvalue weighted by atomic mass is 10.1. The fraction of sp³-hybridized carbons (Fsp3) is 0.211. The largest absolute Gasteiger partial charge is 0.334 e. The van der Waals surface area contributed by atoms with Crippen molar-refractivity contribution in [2.45, 2.75) is 20.4 Å². The Hall–Kier alpha value is -2.95. The maximum Gasteiger partial charge on any atom is 0.254 e. The topological polar surface area (TPSA) is 66.1 Å². The Kier molecular flexibility index (Phi) is 4.42. The van der Waals surface area contributed by atoms with E-state index in [1.165, 1.54) is 0 Å². The van der Waals surface area contributed by atoms with Crippen LogP contribution in [0.5, 0.6) is 0 Å². The van der Waals surface area contributed by atoms with Gasteiger partial charge in [0.15, 0.2) is 0 Å². The third-order valence-electron chi connectivity index (χ3n) is 4.03. The predicted molar refractivity (Wildman–Crippen MR) is 94.0 cm³/mol. The summed E-state index contributed by atoms with van der Waals surface area (Å²) in [6.07, 6.45) is 3.18. The molecule has 5 nitrogen and oxygen atoms in total. The van der Waals surface area contributed by atoms with Crippen molar-refractivity contribution in [3.63, 3.8) is 0 Å². The first-order valence-corrected chi connectivity index (χ1v) is 7.90. The molecule has 0 bridgehead atoms. The summed E-state index contributed by atoms with van der Waals surface area (Å²) in [6.45, 7) is 4.71. The molecule has 0 aliphatic carbocycles. The lowest BCUT2D eigenvalue weighted by Crippen LogP contribution is -2.32. The first-order valence-electron chi connectivity index (χ1n) is 7.90. The van der Waals surface area contributed by atoms with Gasteiger partial charge >= 0.3 is 0 Å². The highest BCUT2D eigenvalue weighted by molar-refractivity contribution is 5.94. The number of amides is 1. The second kappa shape index (κ2) is 6.66. The second-order valence-electron chi connectivity index (χ2n) is 5.77. The van der Waals surface area contributed by atoms with E-state index in [-0.39, 0.29) is 18.0 Å². The van der Waals surface area contributed by atoms with Crippen LogP contribution in [0.2, 0.25) is 0 Å². The number of aryl methyl sites for hydroxylation is 1. The Morgan fingerprint density at radius 2 is 1.92 bits per heavy atom. The van der Waals surface area contributed by atoms with Crippen molar-refractivity contribution >= 4 is 16.8 Å². The zero-order valence-electron chi connectivity index (χ0n) is 13.7. The molecule has 0 saturated carbocycles. The molecular formula is C19H19N3O2. The van der Waals surface area contributed by atoms with E-state index in [4.69, 9.17) is 0 Å². The first-order chi connectivity index (χ1) is 11.6. The Balaban J connectivity index is 1.93. The number of rotatable bonds is 4. The summed E-state index contributed by atoms with van der Waals surface area (Å²) in [7, 11) is 0. The van der Waals surface area contributed by atoms with Gasteiger partial charge in [-0.05, 0) is 49.6 Å². The number of aromatic nitrogens is 2. The summed E-state index contributed by atoms with van der Waals surface area (Å²) in [5.41, 5.74) is 2.92. The molecule has 1 amide bonds. The quantitative estimate of drug-likeness (QED) is 0.803. The molecule has 1 N–H and O–H groups in total. The minimum Gasteiger partial charge on any atom is -0.334 e. The van der Waals surface area contributed by atoms with Gasteiger partial charge in [0.1, 0.15) is 0 Å². The second-order valence-corrected chi connectivity index (χ2v) is 5.77. The van der Waals surface area contributed by atoms with Gasteiger partial charge in [-0.25, -0.2) is 0 Å². The van der Waals surface area contributed by atoms with Gasteiger partial charge in [-0.15, -0.1) is 0 Å². The number of pyridine rings is 2. The van der Waals surface area contributed by atoms with Crippen LogP contribution in [0.15, 0.2) is 53.6 Å². The number of benzene rings is 1. The normalized spacial score (nSPS) is 10.8. The molecule has 0 fully saturated rings. The maximum atomic E-state index is 12.6. The molecule has 0 radical (unpaired) electrons. The minimum absolute atomic E-state index is 0.108. The first kappa shape index (κ1) is 15.9. The highest BCUT2D eigenvalue weighted by Gasteiger charge is 2.16. The molecule has 0 unspecified atom stereocenters. The summed E-state index contributed by atoms with van der Waals surface area (Å²) in [6, 6.07) is 11.1. The Morgan fingerprint density at radius 1 is 1.17 bits per heavy atom. The summed E-state index contributed by atoms with van der Waals surface area (Å²) >= 11 is 0. The molecule has 0 aliphatic heterocycles. The SMILES string of the molecule is CCN(Cc1cc2cc(C)ccc2[nH]c1=O)C(=O)c1ccncc1. The van der Waals surface area contributed by atoms with Gasteiger partial charge in [0.2, 0.25) is 0 Å². The van der Waals surface area contributed by atoms with Gasteiger partial charge in [-0.3, -0.25) is 14.6 Å². The number of carbonyl (C=O) groups is 1. The molecule has 2 aromatic heterocycles. The van der Waals surface area contributed by atoms with Gasteiger partial charge in [-0.2, -0.15) is 0 Å². The van der Waals surface area contributed by atoms with Crippen molar-refractivity contribution < 1.29 is 4.79 Å². The van der Waals surface area contributed by atoms with E-state index >= 15 is 0 Å². The third kappa shape index (κ3) is 3.20. The van der Waals surface area contributed by atoms with E-state index in [1.807, 2.05) is 38.1 Å². The van der Waals surface area contributed by atoms with E-state index < -0.39 is 0 Å². The molecule has 122 valence electrons. The molecule has 3 aromatic rings. The van der Waals surface area contributed by atoms with Crippen molar-refractivity contribution in [3.8, 4) is 0 Å². The number of aromatic amines is 1. The monoisotopic (exact) mass is 321 g/mol. The summed E-state index contributed by atoms with van der Waals surface area (Å²) in [4.78, 5) is 33.4. The van der Waals surface area contributed by atoms with Crippen LogP contribution in [0.4, 0.5) is 0 Å². The molecule has 2 heterocycles. The molecule has 0 atom stereocenters. The Bertz CT molecular complexity index is 932. The molecule has 0 saturated heterocycles. The van der Waals surface area contributed by atoms with Gasteiger partial charge < -0.3 is 9.88 Å². The summed E-state index contributed by atoms with van der Waals surface area (Å²) in [5.74, 6) is -0.108. The molecule has 1 aromatic carbocycles. The van der Waals surface area contributed by atoms with Crippen molar-refractivity contribution in [1.29, 1.82) is 0 Å². The van der Waals surface area contributed by atoms with Crippen molar-refractivity contribution in [3.05, 3.63) is 75.8 Å². The van der Waals surface area contributed by atoms with Crippen LogP contribution in [-0.2, 0) is 6.54 Å². The third-order valence-corrected chi connectivity index (χ3v) is 4.03. The fourth-order valence-electron chi connectivity index (χ4n) is 2.70. The average molecular weight is 321 g/mol. The van der Waals surface area contributed by atoms with Crippen molar-refractivity contribution in [2.75, 3.05) is 6.54 Å². The van der Waals surface area contributed by atoms with Crippen LogP contribution in [0.3, 0.4) is 0 Å². The van der Waals surface area contributed by atoms with Crippen LogP contribution in [0.1, 0.15) is 28.4 Å². The number of carbonyl (C=O) groups excluding carboxylic acids is 1. The zero-order valence-corrected chi connectivity index (χ0v) is 13.7. The molecule has 24 heavy (non-hydrogen) atoms. The molecule has 3 rings (SSSR count). The number of H-pyrrole nitrogens is 1.